The lowest BCUT2D eigenvalue weighted by molar-refractivity contribution is -0.122. The number of halogens is 1. The number of aromatic amines is 1. The number of amides is 3. The molecule has 1 fully saturated rings. The maximum absolute atomic E-state index is 12.5. The minimum atomic E-state index is -0.371. The largest absolute Gasteiger partial charge is 0.369 e. The lowest BCUT2D eigenvalue weighted by Crippen LogP contribution is -2.44. The molecule has 1 aromatic heterocycles. The number of piperidine rings is 1. The number of nitrogens with one attached hydrogen (secondary N) is 2. The smallest absolute Gasteiger partial charge is 0.321 e. The molecule has 24 heavy (non-hydrogen) atoms. The Labute approximate surface area is 142 Å². The van der Waals surface area contributed by atoms with Crippen LogP contribution in [0.2, 0.25) is 5.02 Å². The van der Waals surface area contributed by atoms with Crippen molar-refractivity contribution in [2.24, 2.45) is 11.7 Å². The van der Waals surface area contributed by atoms with Gasteiger partial charge in [-0.3, -0.25) is 9.59 Å². The molecule has 1 aliphatic heterocycles. The first-order chi connectivity index (χ1) is 11.5. The van der Waals surface area contributed by atoms with Crippen LogP contribution in [0.3, 0.4) is 0 Å². The van der Waals surface area contributed by atoms with Crippen LogP contribution >= 0.6 is 11.6 Å². The molecule has 2 aromatic rings. The second-order valence-electron chi connectivity index (χ2n) is 5.79. The molecule has 0 aliphatic carbocycles. The van der Waals surface area contributed by atoms with Crippen molar-refractivity contribution in [1.82, 2.24) is 9.88 Å². The van der Waals surface area contributed by atoms with Gasteiger partial charge in [-0.1, -0.05) is 17.7 Å². The summed E-state index contributed by atoms with van der Waals surface area (Å²) in [6, 6.07) is 4.64. The second kappa shape index (κ2) is 6.52. The van der Waals surface area contributed by atoms with Gasteiger partial charge in [0.15, 0.2) is 0 Å². The highest BCUT2D eigenvalue weighted by molar-refractivity contribution is 6.35. The normalized spacial score (nSPS) is 15.5. The molecule has 0 bridgehead atoms. The number of anilines is 1. The van der Waals surface area contributed by atoms with Crippen molar-refractivity contribution in [2.45, 2.75) is 12.8 Å². The molecule has 0 saturated carbocycles. The van der Waals surface area contributed by atoms with Crippen LogP contribution in [0.5, 0.6) is 0 Å². The van der Waals surface area contributed by atoms with Crippen molar-refractivity contribution < 1.29 is 9.59 Å². The lowest BCUT2D eigenvalue weighted by atomic mass is 9.96. The number of hydrogen-bond donors (Lipinski definition) is 3. The molecule has 0 radical (unpaired) electrons. The average molecular weight is 349 g/mol. The first kappa shape index (κ1) is 16.3. The first-order valence-electron chi connectivity index (χ1n) is 7.62. The van der Waals surface area contributed by atoms with Crippen LogP contribution in [0.1, 0.15) is 12.8 Å². The monoisotopic (exact) mass is 348 g/mol. The summed E-state index contributed by atoms with van der Waals surface area (Å²) < 4.78 is 0. The number of H-pyrrole nitrogens is 1. The van der Waals surface area contributed by atoms with Crippen molar-refractivity contribution in [3.63, 3.8) is 0 Å². The van der Waals surface area contributed by atoms with E-state index in [1.54, 1.807) is 23.1 Å². The number of nitrogens with two attached hydrogens (primary N) is 1. The molecule has 4 N–H and O–H groups in total. The number of pyridine rings is 1. The molecule has 126 valence electrons. The number of para-hydroxylation sites is 1. The Kier molecular flexibility index (Phi) is 4.44. The number of nitrogens with zero attached hydrogens (tertiary/aromatic N) is 1. The number of likely N-dealkylation sites (tertiary alicyclic amines) is 1. The van der Waals surface area contributed by atoms with Crippen LogP contribution in [0.15, 0.2) is 29.2 Å². The quantitative estimate of drug-likeness (QED) is 0.771. The van der Waals surface area contributed by atoms with Gasteiger partial charge in [0.2, 0.25) is 11.3 Å². The second-order valence-corrected chi connectivity index (χ2v) is 6.19. The summed E-state index contributed by atoms with van der Waals surface area (Å²) in [5, 5.41) is 3.47. The molecular weight excluding hydrogens is 332 g/mol. The summed E-state index contributed by atoms with van der Waals surface area (Å²) in [5.41, 5.74) is 5.67. The summed E-state index contributed by atoms with van der Waals surface area (Å²) >= 11 is 6.04. The molecule has 1 saturated heterocycles. The number of primary amides is 1. The Morgan fingerprint density at radius 1 is 1.29 bits per heavy atom. The van der Waals surface area contributed by atoms with Gasteiger partial charge in [-0.25, -0.2) is 4.79 Å². The maximum atomic E-state index is 12.5. The van der Waals surface area contributed by atoms with Crippen LogP contribution in [0, 0.1) is 5.92 Å². The topological polar surface area (TPSA) is 108 Å². The van der Waals surface area contributed by atoms with Gasteiger partial charge in [0.05, 0.1) is 10.5 Å². The number of benzene rings is 1. The Hall–Kier alpha value is -2.54. The molecule has 2 heterocycles. The van der Waals surface area contributed by atoms with Crippen molar-refractivity contribution in [2.75, 3.05) is 18.4 Å². The van der Waals surface area contributed by atoms with E-state index in [2.05, 4.69) is 10.3 Å². The molecule has 0 atom stereocenters. The Balaban J connectivity index is 1.76. The minimum Gasteiger partial charge on any atom is -0.369 e. The lowest BCUT2D eigenvalue weighted by Gasteiger charge is -2.30. The van der Waals surface area contributed by atoms with Gasteiger partial charge in [0.1, 0.15) is 5.69 Å². The number of carbonyl (C=O) groups excluding carboxylic acids is 2. The summed E-state index contributed by atoms with van der Waals surface area (Å²) in [6.45, 7) is 0.855. The summed E-state index contributed by atoms with van der Waals surface area (Å²) in [7, 11) is 0. The third kappa shape index (κ3) is 3.07. The molecule has 3 amide bonds. The highest BCUT2D eigenvalue weighted by atomic mass is 35.5. The predicted molar refractivity (Wildman–Crippen MR) is 92.1 cm³/mol. The third-order valence-electron chi connectivity index (χ3n) is 4.29. The Bertz CT molecular complexity index is 856. The Morgan fingerprint density at radius 2 is 2.00 bits per heavy atom. The van der Waals surface area contributed by atoms with Crippen LogP contribution in [0.4, 0.5) is 10.5 Å². The van der Waals surface area contributed by atoms with Crippen molar-refractivity contribution in [1.29, 1.82) is 0 Å². The number of aromatic nitrogens is 1. The fraction of sp³-hybridized carbons (Fsp3) is 0.312. The number of hydrogen-bond acceptors (Lipinski definition) is 3. The van der Waals surface area contributed by atoms with Gasteiger partial charge in [-0.2, -0.15) is 0 Å². The van der Waals surface area contributed by atoms with Crippen molar-refractivity contribution in [3.8, 4) is 0 Å². The molecule has 1 aliphatic rings. The zero-order valence-corrected chi connectivity index (χ0v) is 13.6. The zero-order valence-electron chi connectivity index (χ0n) is 12.8. The van der Waals surface area contributed by atoms with Gasteiger partial charge >= 0.3 is 6.03 Å². The number of carbonyl (C=O) groups is 2. The van der Waals surface area contributed by atoms with Crippen LogP contribution in [0.25, 0.3) is 10.9 Å². The van der Waals surface area contributed by atoms with E-state index < -0.39 is 0 Å². The van der Waals surface area contributed by atoms with Crippen LogP contribution in [-0.4, -0.2) is 34.9 Å². The minimum absolute atomic E-state index is 0.159. The van der Waals surface area contributed by atoms with E-state index in [0.29, 0.717) is 41.9 Å². The first-order valence-corrected chi connectivity index (χ1v) is 8.00. The molecule has 0 unspecified atom stereocenters. The molecule has 7 nitrogen and oxygen atoms in total. The molecule has 3 rings (SSSR count). The van der Waals surface area contributed by atoms with E-state index in [-0.39, 0.29) is 29.0 Å². The summed E-state index contributed by atoms with van der Waals surface area (Å²) in [4.78, 5) is 40.5. The molecular formula is C16H17ClN4O3. The van der Waals surface area contributed by atoms with Gasteiger partial charge in [-0.05, 0) is 25.0 Å². The zero-order chi connectivity index (χ0) is 17.3. The molecule has 8 heteroatoms. The van der Waals surface area contributed by atoms with E-state index in [1.807, 2.05) is 0 Å². The summed E-state index contributed by atoms with van der Waals surface area (Å²) in [6.07, 6.45) is 2.50. The van der Waals surface area contributed by atoms with E-state index in [0.717, 1.165) is 0 Å². The highest BCUT2D eigenvalue weighted by Crippen LogP contribution is 2.20. The van der Waals surface area contributed by atoms with Gasteiger partial charge in [0.25, 0.3) is 0 Å². The van der Waals surface area contributed by atoms with Crippen molar-refractivity contribution in [3.05, 3.63) is 39.6 Å². The standard InChI is InChI=1S/C16H17ClN4O3/c17-11-3-1-2-10-13(11)19-8-12(14(10)22)20-16(24)21-6-4-9(5-7-21)15(18)23/h1-3,8-9H,4-7H2,(H2,18,23)(H,19,22)(H,20,24). The number of fused-ring (bicyclic) bond motifs is 1. The fourth-order valence-corrected chi connectivity index (χ4v) is 3.10. The molecule has 0 spiro atoms. The number of urea groups is 1. The van der Waals surface area contributed by atoms with Crippen molar-refractivity contribution >= 4 is 40.1 Å². The SMILES string of the molecule is NC(=O)C1CCN(C(=O)Nc2c[nH]c3c(Cl)cccc3c2=O)CC1. The fourth-order valence-electron chi connectivity index (χ4n) is 2.87. The summed E-state index contributed by atoms with van der Waals surface area (Å²) in [5.74, 6) is -0.529. The predicted octanol–water partition coefficient (Wildman–Crippen LogP) is 1.91. The van der Waals surface area contributed by atoms with E-state index in [9.17, 15) is 14.4 Å². The maximum Gasteiger partial charge on any atom is 0.321 e. The van der Waals surface area contributed by atoms with E-state index in [4.69, 9.17) is 17.3 Å². The van der Waals surface area contributed by atoms with Crippen LogP contribution < -0.4 is 16.5 Å². The van der Waals surface area contributed by atoms with Gasteiger partial charge in [-0.15, -0.1) is 0 Å². The van der Waals surface area contributed by atoms with Gasteiger partial charge in [0, 0.05) is 30.6 Å². The molecule has 1 aromatic carbocycles. The van der Waals surface area contributed by atoms with E-state index >= 15 is 0 Å². The third-order valence-corrected chi connectivity index (χ3v) is 4.60. The Morgan fingerprint density at radius 3 is 2.67 bits per heavy atom. The van der Waals surface area contributed by atoms with Crippen LogP contribution in [-0.2, 0) is 4.79 Å². The number of rotatable bonds is 2. The highest BCUT2D eigenvalue weighted by Gasteiger charge is 2.26. The van der Waals surface area contributed by atoms with Gasteiger partial charge < -0.3 is 20.9 Å². The van der Waals surface area contributed by atoms with E-state index in [1.165, 1.54) is 6.20 Å². The average Bonchev–Trinajstić information content (AvgIpc) is 2.58.